The summed E-state index contributed by atoms with van der Waals surface area (Å²) in [7, 11) is -2.21. The zero-order chi connectivity index (χ0) is 37.7. The Bertz CT molecular complexity index is 2210. The van der Waals surface area contributed by atoms with Crippen LogP contribution in [-0.2, 0) is 25.1 Å². The average Bonchev–Trinajstić information content (AvgIpc) is 3.77. The van der Waals surface area contributed by atoms with Crippen LogP contribution in [0.1, 0.15) is 13.3 Å². The number of aliphatic carboxylic acids is 1. The number of amides is 1. The molecule has 4 aromatic rings. The normalized spacial score (nSPS) is 23.0. The number of ether oxygens (including phenoxy) is 2. The maximum Gasteiger partial charge on any atom is 0.335 e. The van der Waals surface area contributed by atoms with Crippen molar-refractivity contribution in [3.8, 4) is 23.1 Å². The molecule has 5 atom stereocenters. The fraction of sp³-hybridized carbons (Fsp3) is 0.400. The van der Waals surface area contributed by atoms with Crippen LogP contribution < -0.4 is 9.64 Å². The van der Waals surface area contributed by atoms with E-state index in [-0.39, 0.29) is 42.3 Å². The van der Waals surface area contributed by atoms with Gasteiger partial charge in [0, 0.05) is 55.6 Å². The number of nitro groups is 1. The highest BCUT2D eigenvalue weighted by Gasteiger charge is 2.50. The number of non-ortho nitro benzene ring substituents is 1. The van der Waals surface area contributed by atoms with Crippen LogP contribution in [0.4, 0.5) is 16.2 Å². The van der Waals surface area contributed by atoms with Gasteiger partial charge in [0.1, 0.15) is 35.9 Å². The van der Waals surface area contributed by atoms with Crippen LogP contribution in [0.25, 0.3) is 22.3 Å². The number of carbonyl (C=O) groups is 2. The lowest BCUT2D eigenvalue weighted by atomic mass is 9.89. The third-order valence-corrected chi connectivity index (χ3v) is 10.8. The van der Waals surface area contributed by atoms with E-state index in [1.54, 1.807) is 12.3 Å². The number of hydrogen-bond acceptors (Lipinski definition) is 15. The number of anilines is 1. The number of carboxylic acid groups (broad SMARTS) is 1. The molecule has 2 saturated heterocycles. The molecule has 21 nitrogen and oxygen atoms in total. The van der Waals surface area contributed by atoms with E-state index in [4.69, 9.17) is 9.47 Å². The summed E-state index contributed by atoms with van der Waals surface area (Å²) in [6.07, 6.45) is -4.12. The predicted molar refractivity (Wildman–Crippen MR) is 175 cm³/mol. The smallest absolute Gasteiger partial charge is 0.335 e. The van der Waals surface area contributed by atoms with Gasteiger partial charge < -0.3 is 29.9 Å². The van der Waals surface area contributed by atoms with Gasteiger partial charge in [0.15, 0.2) is 11.8 Å². The molecule has 0 unspecified atom stereocenters. The molecular weight excluding hydrogens is 710 g/mol. The molecule has 6 rings (SSSR count). The summed E-state index contributed by atoms with van der Waals surface area (Å²) in [5.74, 6) is -2.03. The maximum atomic E-state index is 14.0. The summed E-state index contributed by atoms with van der Waals surface area (Å²) in [4.78, 5) is 46.1. The topological polar surface area (TPSA) is 290 Å². The number of hydrogen-bond donors (Lipinski definition) is 4. The number of carboxylic acids is 1. The Morgan fingerprint density at radius 2 is 1.92 bits per heavy atom. The van der Waals surface area contributed by atoms with Crippen molar-refractivity contribution in [3.63, 3.8) is 0 Å². The van der Waals surface area contributed by atoms with Crippen LogP contribution in [0.2, 0.25) is 0 Å². The third kappa shape index (κ3) is 6.18. The number of aliphatic hydroxyl groups is 3. The first-order valence-electron chi connectivity index (χ1n) is 15.5. The minimum atomic E-state index is -3.47. The first-order chi connectivity index (χ1) is 24.6. The molecule has 0 radical (unpaired) electrons. The van der Waals surface area contributed by atoms with E-state index in [1.165, 1.54) is 41.7 Å². The molecule has 0 aliphatic carbocycles. The lowest BCUT2D eigenvalue weighted by Crippen LogP contribution is -2.64. The fourth-order valence-corrected chi connectivity index (χ4v) is 7.27. The van der Waals surface area contributed by atoms with Crippen molar-refractivity contribution < 1.29 is 52.8 Å². The zero-order valence-electron chi connectivity index (χ0n) is 27.3. The number of sulfonamides is 1. The van der Waals surface area contributed by atoms with Gasteiger partial charge in [0.25, 0.3) is 5.69 Å². The molecule has 2 fully saturated rings. The van der Waals surface area contributed by atoms with E-state index >= 15 is 0 Å². The van der Waals surface area contributed by atoms with Crippen LogP contribution in [0.15, 0.2) is 49.2 Å². The number of nitro benzene ring substituents is 1. The molecule has 0 bridgehead atoms. The Morgan fingerprint density at radius 3 is 2.58 bits per heavy atom. The third-order valence-electron chi connectivity index (χ3n) is 8.99. The van der Waals surface area contributed by atoms with Crippen molar-refractivity contribution in [2.45, 2.75) is 49.6 Å². The Balaban J connectivity index is 1.31. The predicted octanol–water partition coefficient (Wildman–Crippen LogP) is -0.147. The van der Waals surface area contributed by atoms with Gasteiger partial charge in [-0.15, -0.1) is 0 Å². The van der Waals surface area contributed by atoms with Crippen molar-refractivity contribution >= 4 is 44.4 Å². The number of nitrogens with zero attached hydrogens (tertiary/aromatic N) is 9. The van der Waals surface area contributed by atoms with Crippen LogP contribution in [0.5, 0.6) is 5.75 Å². The van der Waals surface area contributed by atoms with Crippen molar-refractivity contribution in [2.75, 3.05) is 30.8 Å². The van der Waals surface area contributed by atoms with Gasteiger partial charge in [-0.25, -0.2) is 28.0 Å². The molecule has 274 valence electrons. The van der Waals surface area contributed by atoms with Crippen molar-refractivity contribution in [2.24, 2.45) is 0 Å². The maximum absolute atomic E-state index is 14.0. The molecule has 1 aromatic carbocycles. The van der Waals surface area contributed by atoms with Crippen LogP contribution >= 0.6 is 0 Å². The first-order valence-corrected chi connectivity index (χ1v) is 17.1. The minimum Gasteiger partial charge on any atom is -0.479 e. The summed E-state index contributed by atoms with van der Waals surface area (Å²) >= 11 is 0. The molecule has 2 aliphatic heterocycles. The standard InChI is InChI=1S/C30H31N9O12S/c1-3-52(48,49)36-13-30(14-36,7-8-31)38-12-16(11-34-38)21-18-6-9-37(26(18)33-15-32-21)29(45)35(2)19-10-17(39(46)47)4-5-20(19)50-28-24(42)22(40)23(41)25(51-28)27(43)44/h4-6,9-12,15,22-25,28,40-42H,3,7,13-14H2,1-2H3,(H,43,44)/t22-,23-,24+,25-,28+/m0/s1. The Kier molecular flexibility index (Phi) is 9.42. The number of benzene rings is 1. The average molecular weight is 742 g/mol. The number of nitriles is 1. The lowest BCUT2D eigenvalue weighted by molar-refractivity contribution is -0.384. The van der Waals surface area contributed by atoms with Gasteiger partial charge >= 0.3 is 12.0 Å². The van der Waals surface area contributed by atoms with Gasteiger partial charge in [-0.05, 0) is 19.1 Å². The molecule has 0 saturated carbocycles. The molecule has 1 amide bonds. The minimum absolute atomic E-state index is 0.00187. The van der Waals surface area contributed by atoms with Crippen molar-refractivity contribution in [1.82, 2.24) is 28.6 Å². The Labute approximate surface area is 293 Å². The summed E-state index contributed by atoms with van der Waals surface area (Å²) in [5.41, 5.74) is -0.623. The van der Waals surface area contributed by atoms with Gasteiger partial charge in [0.05, 0.1) is 40.7 Å². The van der Waals surface area contributed by atoms with Crippen LogP contribution in [0, 0.1) is 21.4 Å². The van der Waals surface area contributed by atoms with E-state index in [0.717, 1.165) is 27.7 Å². The summed E-state index contributed by atoms with van der Waals surface area (Å²) in [6.45, 7) is 1.66. The molecule has 22 heteroatoms. The quantitative estimate of drug-likeness (QED) is 0.121. The summed E-state index contributed by atoms with van der Waals surface area (Å²) < 4.78 is 39.5. The second-order valence-corrected chi connectivity index (χ2v) is 14.4. The van der Waals surface area contributed by atoms with E-state index in [1.807, 2.05) is 0 Å². The summed E-state index contributed by atoms with van der Waals surface area (Å²) in [5, 5.41) is 66.1. The monoisotopic (exact) mass is 741 g/mol. The SMILES string of the molecule is CCS(=O)(=O)N1CC(CC#N)(n2cc(-c3ncnc4c3ccn4C(=O)N(C)c3cc([N+](=O)[O-])ccc3O[C@@H]3O[C@H](C(=O)O)[C@@H](O)[C@H](O)[C@H]3O)cn2)C1. The highest BCUT2D eigenvalue weighted by atomic mass is 32.2. The molecule has 52 heavy (non-hydrogen) atoms. The molecule has 4 N–H and O–H groups in total. The second kappa shape index (κ2) is 13.5. The molecule has 3 aromatic heterocycles. The lowest BCUT2D eigenvalue weighted by Gasteiger charge is -2.47. The number of fused-ring (bicyclic) bond motifs is 1. The van der Waals surface area contributed by atoms with Gasteiger partial charge in [-0.2, -0.15) is 14.7 Å². The van der Waals surface area contributed by atoms with E-state index in [2.05, 4.69) is 21.1 Å². The van der Waals surface area contributed by atoms with Crippen molar-refractivity contribution in [1.29, 1.82) is 5.26 Å². The first kappa shape index (κ1) is 36.2. The van der Waals surface area contributed by atoms with E-state index in [9.17, 15) is 53.8 Å². The highest BCUT2D eigenvalue weighted by molar-refractivity contribution is 7.89. The molecule has 5 heterocycles. The largest absolute Gasteiger partial charge is 0.479 e. The Hall–Kier alpha value is -5.57. The second-order valence-electron chi connectivity index (χ2n) is 12.2. The number of aliphatic hydroxyl groups excluding tert-OH is 3. The molecular formula is C30H31N9O12S. The number of aromatic nitrogens is 5. The van der Waals surface area contributed by atoms with Crippen LogP contribution in [-0.4, -0.2) is 131 Å². The van der Waals surface area contributed by atoms with Gasteiger partial charge in [-0.3, -0.25) is 24.3 Å². The number of rotatable bonds is 10. The number of carbonyl (C=O) groups excluding carboxylic acids is 1. The van der Waals surface area contributed by atoms with Gasteiger partial charge in [0.2, 0.25) is 16.3 Å². The Morgan fingerprint density at radius 1 is 1.19 bits per heavy atom. The zero-order valence-corrected chi connectivity index (χ0v) is 28.1. The summed E-state index contributed by atoms with van der Waals surface area (Å²) in [6, 6.07) is 5.96. The van der Waals surface area contributed by atoms with E-state index in [0.29, 0.717) is 16.6 Å². The highest BCUT2D eigenvalue weighted by Crippen LogP contribution is 2.38. The molecule has 0 spiro atoms. The fourth-order valence-electron chi connectivity index (χ4n) is 6.03. The van der Waals surface area contributed by atoms with E-state index < -0.39 is 68.9 Å². The van der Waals surface area contributed by atoms with Gasteiger partial charge in [-0.1, -0.05) is 0 Å². The van der Waals surface area contributed by atoms with Crippen LogP contribution in [0.3, 0.4) is 0 Å². The van der Waals surface area contributed by atoms with Crippen molar-refractivity contribution in [3.05, 3.63) is 59.3 Å². The molecule has 2 aliphatic rings.